The van der Waals surface area contributed by atoms with Crippen molar-refractivity contribution in [3.63, 3.8) is 0 Å². The van der Waals surface area contributed by atoms with Crippen LogP contribution in [0.3, 0.4) is 0 Å². The maximum absolute atomic E-state index is 12.5. The minimum atomic E-state index is -4.39. The molecular weight excluding hydrogens is 205 g/mol. The standard InChI is InChI=1S/C10H9F3N2/c1-5-4-14-9-6(2)15-8(3-7(5)9)10(11,12)13/h3-4,14H,1-2H3. The van der Waals surface area contributed by atoms with Crippen LogP contribution in [0, 0.1) is 13.8 Å². The smallest absolute Gasteiger partial charge is 0.359 e. The van der Waals surface area contributed by atoms with Gasteiger partial charge in [-0.1, -0.05) is 0 Å². The Labute approximate surface area is 84.1 Å². The van der Waals surface area contributed by atoms with Crippen molar-refractivity contribution >= 4 is 10.9 Å². The van der Waals surface area contributed by atoms with Crippen molar-refractivity contribution in [1.29, 1.82) is 0 Å². The van der Waals surface area contributed by atoms with Gasteiger partial charge in [0.1, 0.15) is 5.69 Å². The number of halogens is 3. The molecular formula is C10H9F3N2. The summed E-state index contributed by atoms with van der Waals surface area (Å²) in [7, 11) is 0. The second-order valence-corrected chi connectivity index (χ2v) is 3.48. The van der Waals surface area contributed by atoms with E-state index in [0.717, 1.165) is 11.6 Å². The Balaban J connectivity index is 2.76. The Hall–Kier alpha value is -1.52. The number of H-pyrrole nitrogens is 1. The lowest BCUT2D eigenvalue weighted by atomic mass is 10.1. The molecule has 0 amide bonds. The Bertz CT molecular complexity index is 511. The maximum atomic E-state index is 12.5. The third kappa shape index (κ3) is 1.58. The molecule has 0 saturated heterocycles. The van der Waals surface area contributed by atoms with Gasteiger partial charge in [0.2, 0.25) is 0 Å². The normalized spacial score (nSPS) is 12.3. The first-order valence-electron chi connectivity index (χ1n) is 4.42. The van der Waals surface area contributed by atoms with E-state index >= 15 is 0 Å². The quantitative estimate of drug-likeness (QED) is 0.716. The molecule has 2 heterocycles. The Morgan fingerprint density at radius 1 is 1.27 bits per heavy atom. The van der Waals surface area contributed by atoms with Crippen molar-refractivity contribution in [3.05, 3.63) is 29.2 Å². The Morgan fingerprint density at radius 3 is 2.53 bits per heavy atom. The Kier molecular flexibility index (Phi) is 1.99. The number of nitrogens with one attached hydrogen (secondary N) is 1. The number of aryl methyl sites for hydroxylation is 2. The molecule has 0 saturated carbocycles. The van der Waals surface area contributed by atoms with Gasteiger partial charge in [-0.2, -0.15) is 13.2 Å². The predicted octanol–water partition coefficient (Wildman–Crippen LogP) is 3.20. The van der Waals surface area contributed by atoms with Gasteiger partial charge in [-0.05, 0) is 25.5 Å². The molecule has 2 aromatic heterocycles. The van der Waals surface area contributed by atoms with Crippen molar-refractivity contribution in [2.45, 2.75) is 20.0 Å². The third-order valence-electron chi connectivity index (χ3n) is 2.35. The molecule has 0 atom stereocenters. The summed E-state index contributed by atoms with van der Waals surface area (Å²) in [5.74, 6) is 0. The zero-order valence-electron chi connectivity index (χ0n) is 8.24. The van der Waals surface area contributed by atoms with Crippen LogP contribution in [0.1, 0.15) is 17.0 Å². The van der Waals surface area contributed by atoms with Crippen LogP contribution in [0.4, 0.5) is 13.2 Å². The van der Waals surface area contributed by atoms with E-state index in [4.69, 9.17) is 0 Å². The maximum Gasteiger partial charge on any atom is 0.433 e. The highest BCUT2D eigenvalue weighted by Crippen LogP contribution is 2.31. The average Bonchev–Trinajstić information content (AvgIpc) is 2.47. The van der Waals surface area contributed by atoms with E-state index in [9.17, 15) is 13.2 Å². The highest BCUT2D eigenvalue weighted by Gasteiger charge is 2.33. The number of nitrogens with zero attached hydrogens (tertiary/aromatic N) is 1. The molecule has 0 bridgehead atoms. The SMILES string of the molecule is Cc1c[nH]c2c(C)nc(C(F)(F)F)cc12. The summed E-state index contributed by atoms with van der Waals surface area (Å²) in [5, 5.41) is 0.579. The van der Waals surface area contributed by atoms with Gasteiger partial charge in [-0.25, -0.2) is 4.98 Å². The summed E-state index contributed by atoms with van der Waals surface area (Å²) >= 11 is 0. The minimum absolute atomic E-state index is 0.368. The zero-order chi connectivity index (χ0) is 11.2. The molecule has 1 N–H and O–H groups in total. The molecule has 2 nitrogen and oxygen atoms in total. The van der Waals surface area contributed by atoms with Gasteiger partial charge < -0.3 is 4.98 Å². The van der Waals surface area contributed by atoms with Crippen LogP contribution in [-0.2, 0) is 6.18 Å². The van der Waals surface area contributed by atoms with Crippen molar-refractivity contribution < 1.29 is 13.2 Å². The van der Waals surface area contributed by atoms with Gasteiger partial charge in [0, 0.05) is 11.6 Å². The molecule has 5 heteroatoms. The number of pyridine rings is 1. The lowest BCUT2D eigenvalue weighted by Crippen LogP contribution is -2.08. The van der Waals surface area contributed by atoms with Gasteiger partial charge in [0.05, 0.1) is 11.2 Å². The molecule has 0 aliphatic heterocycles. The lowest BCUT2D eigenvalue weighted by molar-refractivity contribution is -0.141. The van der Waals surface area contributed by atoms with E-state index in [2.05, 4.69) is 9.97 Å². The number of hydrogen-bond acceptors (Lipinski definition) is 1. The van der Waals surface area contributed by atoms with Crippen molar-refractivity contribution in [2.24, 2.45) is 0 Å². The summed E-state index contributed by atoms with van der Waals surface area (Å²) in [6, 6.07) is 1.08. The van der Waals surface area contributed by atoms with Crippen LogP contribution in [0.25, 0.3) is 10.9 Å². The van der Waals surface area contributed by atoms with E-state index in [-0.39, 0.29) is 0 Å². The van der Waals surface area contributed by atoms with Crippen molar-refractivity contribution in [2.75, 3.05) is 0 Å². The van der Waals surface area contributed by atoms with E-state index in [1.54, 1.807) is 20.0 Å². The molecule has 0 spiro atoms. The topological polar surface area (TPSA) is 28.7 Å². The van der Waals surface area contributed by atoms with E-state index in [0.29, 0.717) is 16.6 Å². The van der Waals surface area contributed by atoms with E-state index < -0.39 is 11.9 Å². The predicted molar refractivity (Wildman–Crippen MR) is 50.6 cm³/mol. The molecule has 0 radical (unpaired) electrons. The molecule has 0 aliphatic carbocycles. The largest absolute Gasteiger partial charge is 0.433 e. The van der Waals surface area contributed by atoms with Crippen LogP contribution >= 0.6 is 0 Å². The fourth-order valence-electron chi connectivity index (χ4n) is 1.57. The highest BCUT2D eigenvalue weighted by molar-refractivity contribution is 5.85. The molecule has 2 rings (SSSR count). The van der Waals surface area contributed by atoms with Gasteiger partial charge in [-0.15, -0.1) is 0 Å². The minimum Gasteiger partial charge on any atom is -0.359 e. The van der Waals surface area contributed by atoms with E-state index in [1.807, 2.05) is 0 Å². The van der Waals surface area contributed by atoms with Crippen LogP contribution in [0.2, 0.25) is 0 Å². The average molecular weight is 214 g/mol. The number of fused-ring (bicyclic) bond motifs is 1. The first-order valence-corrected chi connectivity index (χ1v) is 4.42. The molecule has 80 valence electrons. The second-order valence-electron chi connectivity index (χ2n) is 3.48. The Morgan fingerprint density at radius 2 is 1.93 bits per heavy atom. The monoisotopic (exact) mass is 214 g/mol. The van der Waals surface area contributed by atoms with Crippen LogP contribution < -0.4 is 0 Å². The first-order chi connectivity index (χ1) is 6.89. The van der Waals surface area contributed by atoms with Gasteiger partial charge >= 0.3 is 6.18 Å². The fraction of sp³-hybridized carbons (Fsp3) is 0.300. The number of hydrogen-bond donors (Lipinski definition) is 1. The number of aromatic amines is 1. The zero-order valence-corrected chi connectivity index (χ0v) is 8.24. The summed E-state index contributed by atoms with van der Waals surface area (Å²) in [6.07, 6.45) is -2.71. The van der Waals surface area contributed by atoms with Gasteiger partial charge in [0.25, 0.3) is 0 Å². The van der Waals surface area contributed by atoms with Crippen LogP contribution in [0.5, 0.6) is 0 Å². The summed E-state index contributed by atoms with van der Waals surface area (Å²) in [6.45, 7) is 3.33. The molecule has 0 aromatic carbocycles. The third-order valence-corrected chi connectivity index (χ3v) is 2.35. The van der Waals surface area contributed by atoms with Crippen molar-refractivity contribution in [3.8, 4) is 0 Å². The second kappa shape index (κ2) is 2.98. The summed E-state index contributed by atoms with van der Waals surface area (Å²) in [4.78, 5) is 6.43. The van der Waals surface area contributed by atoms with Crippen LogP contribution in [-0.4, -0.2) is 9.97 Å². The summed E-state index contributed by atoms with van der Waals surface area (Å²) in [5.41, 5.74) is 0.990. The molecule has 2 aromatic rings. The first kappa shape index (κ1) is 10.0. The highest BCUT2D eigenvalue weighted by atomic mass is 19.4. The molecule has 15 heavy (non-hydrogen) atoms. The van der Waals surface area contributed by atoms with E-state index in [1.165, 1.54) is 0 Å². The number of alkyl halides is 3. The molecule has 0 unspecified atom stereocenters. The summed E-state index contributed by atoms with van der Waals surface area (Å²) < 4.78 is 37.4. The van der Waals surface area contributed by atoms with Crippen molar-refractivity contribution in [1.82, 2.24) is 9.97 Å². The lowest BCUT2D eigenvalue weighted by Gasteiger charge is -2.07. The molecule has 0 aliphatic rings. The fourth-order valence-corrected chi connectivity index (χ4v) is 1.57. The molecule has 0 fully saturated rings. The van der Waals surface area contributed by atoms with Gasteiger partial charge in [-0.3, -0.25) is 0 Å². The van der Waals surface area contributed by atoms with Gasteiger partial charge in [0.15, 0.2) is 0 Å². The van der Waals surface area contributed by atoms with Crippen LogP contribution in [0.15, 0.2) is 12.3 Å². The number of rotatable bonds is 0. The number of aromatic nitrogens is 2.